The molecular formula is C14H18N2OS. The van der Waals surface area contributed by atoms with Crippen LogP contribution in [-0.2, 0) is 6.42 Å². The van der Waals surface area contributed by atoms with Crippen molar-refractivity contribution in [2.75, 3.05) is 18.5 Å². The van der Waals surface area contributed by atoms with Gasteiger partial charge in [-0.25, -0.2) is 4.98 Å². The molecule has 2 aromatic rings. The van der Waals surface area contributed by atoms with Gasteiger partial charge in [-0.1, -0.05) is 12.1 Å². The zero-order valence-corrected chi connectivity index (χ0v) is 11.6. The molecule has 0 unspecified atom stereocenters. The van der Waals surface area contributed by atoms with Crippen LogP contribution in [0.2, 0.25) is 0 Å². The van der Waals surface area contributed by atoms with Crippen molar-refractivity contribution in [2.45, 2.75) is 20.3 Å². The van der Waals surface area contributed by atoms with E-state index in [9.17, 15) is 0 Å². The lowest BCUT2D eigenvalue weighted by atomic mass is 10.2. The van der Waals surface area contributed by atoms with Crippen molar-refractivity contribution >= 4 is 17.0 Å². The summed E-state index contributed by atoms with van der Waals surface area (Å²) in [4.78, 5) is 5.60. The molecule has 0 aliphatic rings. The highest BCUT2D eigenvalue weighted by molar-refractivity contribution is 7.09. The number of benzene rings is 1. The summed E-state index contributed by atoms with van der Waals surface area (Å²) in [5.41, 5.74) is 4.10. The van der Waals surface area contributed by atoms with Gasteiger partial charge in [-0.05, 0) is 26.0 Å². The lowest BCUT2D eigenvalue weighted by molar-refractivity contribution is 0.341. The smallest absolute Gasteiger partial charge is 0.142 e. The maximum absolute atomic E-state index is 5.58. The van der Waals surface area contributed by atoms with E-state index in [2.05, 4.69) is 17.2 Å². The molecule has 0 spiro atoms. The minimum Gasteiger partial charge on any atom is -0.492 e. The summed E-state index contributed by atoms with van der Waals surface area (Å²) in [6.45, 7) is 5.64. The van der Waals surface area contributed by atoms with E-state index >= 15 is 0 Å². The molecule has 1 aromatic carbocycles. The monoisotopic (exact) mass is 262 g/mol. The number of hydrogen-bond acceptors (Lipinski definition) is 4. The third-order valence-electron chi connectivity index (χ3n) is 2.70. The topological polar surface area (TPSA) is 34.1 Å². The van der Waals surface area contributed by atoms with E-state index in [1.54, 1.807) is 11.3 Å². The second kappa shape index (κ2) is 6.40. The van der Waals surface area contributed by atoms with E-state index in [1.807, 2.05) is 36.7 Å². The molecule has 1 N–H and O–H groups in total. The summed E-state index contributed by atoms with van der Waals surface area (Å²) in [6.07, 6.45) is 0.997. The van der Waals surface area contributed by atoms with Gasteiger partial charge in [0.05, 0.1) is 23.5 Å². The Morgan fingerprint density at radius 1 is 1.33 bits per heavy atom. The molecule has 0 saturated heterocycles. The van der Waals surface area contributed by atoms with E-state index in [4.69, 9.17) is 4.74 Å². The highest BCUT2D eigenvalue weighted by Gasteiger charge is 2.03. The molecule has 1 heterocycles. The third-order valence-corrected chi connectivity index (χ3v) is 3.69. The van der Waals surface area contributed by atoms with E-state index in [0.717, 1.165) is 30.1 Å². The fraction of sp³-hybridized carbons (Fsp3) is 0.357. The van der Waals surface area contributed by atoms with E-state index in [1.165, 1.54) is 4.88 Å². The molecule has 0 bridgehead atoms. The molecule has 0 fully saturated rings. The number of nitrogens with one attached hydrogen (secondary N) is 1. The number of para-hydroxylation sites is 2. The first-order chi connectivity index (χ1) is 8.81. The molecule has 2 rings (SSSR count). The van der Waals surface area contributed by atoms with Gasteiger partial charge >= 0.3 is 0 Å². The van der Waals surface area contributed by atoms with Gasteiger partial charge in [0.25, 0.3) is 0 Å². The SMILES string of the molecule is CCOc1ccccc1NCCc1scnc1C. The van der Waals surface area contributed by atoms with Gasteiger partial charge in [0, 0.05) is 17.8 Å². The van der Waals surface area contributed by atoms with Gasteiger partial charge in [-0.3, -0.25) is 0 Å². The standard InChI is InChI=1S/C14H18N2OS/c1-3-17-13-7-5-4-6-12(13)15-9-8-14-11(2)16-10-18-14/h4-7,10,15H,3,8-9H2,1-2H3. The summed E-state index contributed by atoms with van der Waals surface area (Å²) in [5.74, 6) is 0.918. The van der Waals surface area contributed by atoms with Gasteiger partial charge in [0.2, 0.25) is 0 Å². The molecule has 0 aliphatic carbocycles. The van der Waals surface area contributed by atoms with E-state index in [-0.39, 0.29) is 0 Å². The van der Waals surface area contributed by atoms with E-state index in [0.29, 0.717) is 6.61 Å². The van der Waals surface area contributed by atoms with Crippen LogP contribution < -0.4 is 10.1 Å². The fourth-order valence-corrected chi connectivity index (χ4v) is 2.55. The van der Waals surface area contributed by atoms with Gasteiger partial charge < -0.3 is 10.1 Å². The first-order valence-corrected chi connectivity index (χ1v) is 7.04. The Morgan fingerprint density at radius 3 is 2.89 bits per heavy atom. The summed E-state index contributed by atoms with van der Waals surface area (Å²) in [5, 5.41) is 3.42. The summed E-state index contributed by atoms with van der Waals surface area (Å²) < 4.78 is 5.58. The number of anilines is 1. The maximum atomic E-state index is 5.58. The van der Waals surface area contributed by atoms with Gasteiger partial charge in [-0.15, -0.1) is 11.3 Å². The predicted molar refractivity (Wildman–Crippen MR) is 76.7 cm³/mol. The van der Waals surface area contributed by atoms with Crippen LogP contribution in [0.25, 0.3) is 0 Å². The van der Waals surface area contributed by atoms with Crippen LogP contribution in [0.4, 0.5) is 5.69 Å². The number of ether oxygens (including phenoxy) is 1. The first kappa shape index (κ1) is 12.9. The van der Waals surface area contributed by atoms with Crippen molar-refractivity contribution in [3.8, 4) is 5.75 Å². The molecule has 0 radical (unpaired) electrons. The third kappa shape index (κ3) is 3.23. The molecule has 0 saturated carbocycles. The fourth-order valence-electron chi connectivity index (χ4n) is 1.77. The average molecular weight is 262 g/mol. The van der Waals surface area contributed by atoms with Crippen LogP contribution in [0, 0.1) is 6.92 Å². The second-order valence-corrected chi connectivity index (χ2v) is 4.91. The Kier molecular flexibility index (Phi) is 4.59. The van der Waals surface area contributed by atoms with Crippen LogP contribution in [0.1, 0.15) is 17.5 Å². The number of aromatic nitrogens is 1. The van der Waals surface area contributed by atoms with Crippen molar-refractivity contribution < 1.29 is 4.74 Å². The number of aryl methyl sites for hydroxylation is 1. The van der Waals surface area contributed by atoms with Crippen LogP contribution in [-0.4, -0.2) is 18.1 Å². The van der Waals surface area contributed by atoms with Crippen molar-refractivity contribution in [1.82, 2.24) is 4.98 Å². The highest BCUT2D eigenvalue weighted by Crippen LogP contribution is 2.23. The molecule has 18 heavy (non-hydrogen) atoms. The zero-order chi connectivity index (χ0) is 12.8. The van der Waals surface area contributed by atoms with Gasteiger partial charge in [-0.2, -0.15) is 0 Å². The van der Waals surface area contributed by atoms with Gasteiger partial charge in [0.1, 0.15) is 5.75 Å². The number of hydrogen-bond donors (Lipinski definition) is 1. The Bertz CT molecular complexity index is 496. The number of rotatable bonds is 6. The lowest BCUT2D eigenvalue weighted by Gasteiger charge is -2.11. The highest BCUT2D eigenvalue weighted by atomic mass is 32.1. The van der Waals surface area contributed by atoms with Crippen molar-refractivity contribution in [2.24, 2.45) is 0 Å². The van der Waals surface area contributed by atoms with Crippen LogP contribution in [0.3, 0.4) is 0 Å². The van der Waals surface area contributed by atoms with Crippen LogP contribution in [0.5, 0.6) is 5.75 Å². The molecule has 0 atom stereocenters. The van der Waals surface area contributed by atoms with Crippen molar-refractivity contribution in [1.29, 1.82) is 0 Å². The number of thiazole rings is 1. The Labute approximate surface area is 112 Å². The lowest BCUT2D eigenvalue weighted by Crippen LogP contribution is -2.06. The second-order valence-electron chi connectivity index (χ2n) is 3.97. The Balaban J connectivity index is 1.92. The summed E-state index contributed by atoms with van der Waals surface area (Å²) in [7, 11) is 0. The minimum absolute atomic E-state index is 0.687. The zero-order valence-electron chi connectivity index (χ0n) is 10.8. The van der Waals surface area contributed by atoms with Crippen molar-refractivity contribution in [3.05, 3.63) is 40.3 Å². The Morgan fingerprint density at radius 2 is 2.17 bits per heavy atom. The minimum atomic E-state index is 0.687. The van der Waals surface area contributed by atoms with Gasteiger partial charge in [0.15, 0.2) is 0 Å². The Hall–Kier alpha value is -1.55. The van der Waals surface area contributed by atoms with E-state index < -0.39 is 0 Å². The molecule has 4 heteroatoms. The van der Waals surface area contributed by atoms with Crippen LogP contribution in [0.15, 0.2) is 29.8 Å². The maximum Gasteiger partial charge on any atom is 0.142 e. The largest absolute Gasteiger partial charge is 0.492 e. The predicted octanol–water partition coefficient (Wildman–Crippen LogP) is 3.50. The molecule has 0 amide bonds. The van der Waals surface area contributed by atoms with Crippen molar-refractivity contribution in [3.63, 3.8) is 0 Å². The molecule has 0 aliphatic heterocycles. The molecule has 96 valence electrons. The normalized spacial score (nSPS) is 10.3. The molecular weight excluding hydrogens is 244 g/mol. The molecule has 3 nitrogen and oxygen atoms in total. The number of nitrogens with zero attached hydrogens (tertiary/aromatic N) is 1. The molecule has 1 aromatic heterocycles. The quantitative estimate of drug-likeness (QED) is 0.865. The average Bonchev–Trinajstić information content (AvgIpc) is 2.78. The summed E-state index contributed by atoms with van der Waals surface area (Å²) in [6, 6.07) is 8.04. The summed E-state index contributed by atoms with van der Waals surface area (Å²) >= 11 is 1.72. The first-order valence-electron chi connectivity index (χ1n) is 6.16. The van der Waals surface area contributed by atoms with Crippen LogP contribution >= 0.6 is 11.3 Å².